The summed E-state index contributed by atoms with van der Waals surface area (Å²) in [4.78, 5) is 0.356. The third kappa shape index (κ3) is 3.42. The molecule has 5 nitrogen and oxygen atoms in total. The average molecular weight is 299 g/mol. The van der Waals surface area contributed by atoms with Crippen molar-refractivity contribution in [2.45, 2.75) is 50.6 Å². The molecule has 114 valence electrons. The summed E-state index contributed by atoms with van der Waals surface area (Å²) >= 11 is 0. The summed E-state index contributed by atoms with van der Waals surface area (Å²) in [6, 6.07) is 1.79. The second-order valence-electron chi connectivity index (χ2n) is 6.53. The molecule has 1 atom stereocenters. The van der Waals surface area contributed by atoms with Gasteiger partial charge in [-0.25, -0.2) is 13.1 Å². The Balaban J connectivity index is 2.13. The molecule has 0 aliphatic heterocycles. The van der Waals surface area contributed by atoms with Gasteiger partial charge < -0.3 is 9.88 Å². The topological polar surface area (TPSA) is 63.1 Å². The predicted octanol–water partition coefficient (Wildman–Crippen LogP) is 1.60. The fraction of sp³-hybridized carbons (Fsp3) is 0.714. The van der Waals surface area contributed by atoms with E-state index in [-0.39, 0.29) is 11.5 Å². The van der Waals surface area contributed by atoms with Crippen molar-refractivity contribution in [3.8, 4) is 0 Å². The number of rotatable bonds is 5. The standard InChI is InChI=1S/C14H25N3O2S/c1-14(2)6-5-11(8-14)16-20(18,19)13-7-12(9-15-3)17(4)10-13/h7,10-11,15-16H,5-6,8-9H2,1-4H3. The van der Waals surface area contributed by atoms with Gasteiger partial charge in [0.05, 0.1) is 4.90 Å². The van der Waals surface area contributed by atoms with Gasteiger partial charge in [0, 0.05) is 31.5 Å². The molecular formula is C14H25N3O2S. The Kier molecular flexibility index (Phi) is 4.27. The number of aryl methyl sites for hydroxylation is 1. The first-order chi connectivity index (χ1) is 9.23. The molecule has 20 heavy (non-hydrogen) atoms. The van der Waals surface area contributed by atoms with E-state index < -0.39 is 10.0 Å². The number of nitrogens with zero attached hydrogens (tertiary/aromatic N) is 1. The molecule has 1 heterocycles. The Morgan fingerprint density at radius 3 is 2.70 bits per heavy atom. The maximum atomic E-state index is 12.4. The Morgan fingerprint density at radius 2 is 2.15 bits per heavy atom. The smallest absolute Gasteiger partial charge is 0.242 e. The van der Waals surface area contributed by atoms with Gasteiger partial charge in [0.2, 0.25) is 10.0 Å². The highest BCUT2D eigenvalue weighted by Gasteiger charge is 2.33. The van der Waals surface area contributed by atoms with Gasteiger partial charge in [-0.1, -0.05) is 13.8 Å². The van der Waals surface area contributed by atoms with Gasteiger partial charge in [0.25, 0.3) is 0 Å². The van der Waals surface area contributed by atoms with Crippen molar-refractivity contribution in [1.29, 1.82) is 0 Å². The van der Waals surface area contributed by atoms with Crippen molar-refractivity contribution >= 4 is 10.0 Å². The van der Waals surface area contributed by atoms with Crippen LogP contribution >= 0.6 is 0 Å². The molecule has 0 bridgehead atoms. The summed E-state index contributed by atoms with van der Waals surface area (Å²) in [5.41, 5.74) is 1.20. The number of aromatic nitrogens is 1. The van der Waals surface area contributed by atoms with Gasteiger partial charge in [-0.15, -0.1) is 0 Å². The van der Waals surface area contributed by atoms with Crippen molar-refractivity contribution < 1.29 is 8.42 Å². The maximum Gasteiger partial charge on any atom is 0.242 e. The van der Waals surface area contributed by atoms with E-state index in [4.69, 9.17) is 0 Å². The first-order valence-corrected chi connectivity index (χ1v) is 8.54. The molecule has 1 unspecified atom stereocenters. The van der Waals surface area contributed by atoms with E-state index in [1.54, 1.807) is 12.3 Å². The third-order valence-corrected chi connectivity index (χ3v) is 5.53. The van der Waals surface area contributed by atoms with Gasteiger partial charge in [-0.3, -0.25) is 0 Å². The summed E-state index contributed by atoms with van der Waals surface area (Å²) in [6.07, 6.45) is 4.57. The molecule has 0 amide bonds. The van der Waals surface area contributed by atoms with Crippen LogP contribution in [0.2, 0.25) is 0 Å². The van der Waals surface area contributed by atoms with E-state index in [0.717, 1.165) is 25.0 Å². The molecule has 1 saturated carbocycles. The highest BCUT2D eigenvalue weighted by Crippen LogP contribution is 2.37. The minimum atomic E-state index is -3.41. The molecule has 1 aliphatic rings. The summed E-state index contributed by atoms with van der Waals surface area (Å²) in [5, 5.41) is 3.04. The Hall–Kier alpha value is -0.850. The molecule has 0 radical (unpaired) electrons. The summed E-state index contributed by atoms with van der Waals surface area (Å²) in [7, 11) is 0.300. The minimum absolute atomic E-state index is 0.0583. The van der Waals surface area contributed by atoms with Crippen LogP contribution in [0.25, 0.3) is 0 Å². The highest BCUT2D eigenvalue weighted by molar-refractivity contribution is 7.89. The van der Waals surface area contributed by atoms with E-state index in [2.05, 4.69) is 23.9 Å². The lowest BCUT2D eigenvalue weighted by Crippen LogP contribution is -2.33. The lowest BCUT2D eigenvalue weighted by molar-refractivity contribution is 0.372. The molecule has 6 heteroatoms. The first-order valence-electron chi connectivity index (χ1n) is 7.06. The van der Waals surface area contributed by atoms with Crippen LogP contribution in [0.5, 0.6) is 0 Å². The van der Waals surface area contributed by atoms with E-state index in [1.165, 1.54) is 0 Å². The van der Waals surface area contributed by atoms with Crippen LogP contribution < -0.4 is 10.0 Å². The quantitative estimate of drug-likeness (QED) is 0.868. The van der Waals surface area contributed by atoms with Crippen molar-refractivity contribution in [3.05, 3.63) is 18.0 Å². The fourth-order valence-corrected chi connectivity index (χ4v) is 4.27. The largest absolute Gasteiger partial charge is 0.352 e. The van der Waals surface area contributed by atoms with Crippen molar-refractivity contribution in [2.75, 3.05) is 7.05 Å². The number of hydrogen-bond acceptors (Lipinski definition) is 3. The van der Waals surface area contributed by atoms with Crippen molar-refractivity contribution in [2.24, 2.45) is 12.5 Å². The Bertz CT molecular complexity index is 575. The molecule has 0 spiro atoms. The predicted molar refractivity (Wildman–Crippen MR) is 79.9 cm³/mol. The van der Waals surface area contributed by atoms with Crippen molar-refractivity contribution in [3.63, 3.8) is 0 Å². The van der Waals surface area contributed by atoms with Gasteiger partial charge in [-0.2, -0.15) is 0 Å². The fourth-order valence-electron chi connectivity index (χ4n) is 2.91. The third-order valence-electron chi connectivity index (χ3n) is 4.04. The Morgan fingerprint density at radius 1 is 1.45 bits per heavy atom. The van der Waals surface area contributed by atoms with E-state index in [9.17, 15) is 8.42 Å². The number of nitrogens with one attached hydrogen (secondary N) is 2. The SMILES string of the molecule is CNCc1cc(S(=O)(=O)NC2CCC(C)(C)C2)cn1C. The molecule has 1 aromatic rings. The minimum Gasteiger partial charge on any atom is -0.352 e. The maximum absolute atomic E-state index is 12.4. The second-order valence-corrected chi connectivity index (χ2v) is 8.25. The van der Waals surface area contributed by atoms with Crippen LogP contribution in [-0.2, 0) is 23.6 Å². The highest BCUT2D eigenvalue weighted by atomic mass is 32.2. The number of hydrogen-bond donors (Lipinski definition) is 2. The molecule has 1 aromatic heterocycles. The second kappa shape index (κ2) is 5.50. The lowest BCUT2D eigenvalue weighted by atomic mass is 9.92. The van der Waals surface area contributed by atoms with Gasteiger partial charge in [0.1, 0.15) is 0 Å². The van der Waals surface area contributed by atoms with Crippen LogP contribution in [0.15, 0.2) is 17.2 Å². The molecule has 1 aliphatic carbocycles. The van der Waals surface area contributed by atoms with E-state index >= 15 is 0 Å². The zero-order valence-electron chi connectivity index (χ0n) is 12.7. The van der Waals surface area contributed by atoms with Gasteiger partial charge >= 0.3 is 0 Å². The molecule has 2 rings (SSSR count). The van der Waals surface area contributed by atoms with Crippen LogP contribution in [0.4, 0.5) is 0 Å². The zero-order chi connectivity index (χ0) is 15.0. The summed E-state index contributed by atoms with van der Waals surface area (Å²) in [6.45, 7) is 5.03. The molecule has 0 aromatic carbocycles. The van der Waals surface area contributed by atoms with Crippen LogP contribution in [0.3, 0.4) is 0 Å². The van der Waals surface area contributed by atoms with Crippen LogP contribution in [-0.4, -0.2) is 26.1 Å². The summed E-state index contributed by atoms with van der Waals surface area (Å²) in [5.74, 6) is 0. The lowest BCUT2D eigenvalue weighted by Gasteiger charge is -2.17. The molecule has 1 fully saturated rings. The zero-order valence-corrected chi connectivity index (χ0v) is 13.5. The monoisotopic (exact) mass is 299 g/mol. The first kappa shape index (κ1) is 15.5. The van der Waals surface area contributed by atoms with E-state index in [0.29, 0.717) is 11.4 Å². The Labute approximate surface area is 121 Å². The van der Waals surface area contributed by atoms with Crippen molar-refractivity contribution in [1.82, 2.24) is 14.6 Å². The van der Waals surface area contributed by atoms with Crippen LogP contribution in [0, 0.1) is 5.41 Å². The summed E-state index contributed by atoms with van der Waals surface area (Å²) < 4.78 is 29.5. The van der Waals surface area contributed by atoms with Crippen LogP contribution in [0.1, 0.15) is 38.8 Å². The normalized spacial score (nSPS) is 22.3. The number of sulfonamides is 1. The molecular weight excluding hydrogens is 274 g/mol. The molecule has 0 saturated heterocycles. The van der Waals surface area contributed by atoms with Gasteiger partial charge in [0.15, 0.2) is 0 Å². The van der Waals surface area contributed by atoms with Gasteiger partial charge in [-0.05, 0) is 37.8 Å². The molecule has 2 N–H and O–H groups in total. The average Bonchev–Trinajstić information content (AvgIpc) is 2.83. The van der Waals surface area contributed by atoms with E-state index in [1.807, 2.05) is 18.7 Å².